The molecule has 1 saturated heterocycles. The van der Waals surface area contributed by atoms with Crippen molar-refractivity contribution < 1.29 is 4.74 Å². The highest BCUT2D eigenvalue weighted by molar-refractivity contribution is 5.47. The first-order valence-electron chi connectivity index (χ1n) is 7.45. The molecule has 3 rings (SSSR count). The van der Waals surface area contributed by atoms with Crippen LogP contribution in [0.5, 0.6) is 5.75 Å². The highest BCUT2D eigenvalue weighted by Gasteiger charge is 2.23. The van der Waals surface area contributed by atoms with Gasteiger partial charge in [-0.3, -0.25) is 4.90 Å². The van der Waals surface area contributed by atoms with Crippen LogP contribution in [0.3, 0.4) is 0 Å². The summed E-state index contributed by atoms with van der Waals surface area (Å²) in [5.74, 6) is 1.48. The Balaban J connectivity index is 1.66. The summed E-state index contributed by atoms with van der Waals surface area (Å²) < 4.78 is 5.29. The molecule has 1 fully saturated rings. The van der Waals surface area contributed by atoms with Gasteiger partial charge in [0.1, 0.15) is 5.75 Å². The van der Waals surface area contributed by atoms with E-state index < -0.39 is 0 Å². The monoisotopic (exact) mass is 282 g/mol. The average Bonchev–Trinajstić information content (AvgIpc) is 2.96. The average molecular weight is 282 g/mol. The zero-order chi connectivity index (χ0) is 14.7. The summed E-state index contributed by atoms with van der Waals surface area (Å²) in [5.41, 5.74) is 9.37. The lowest BCUT2D eigenvalue weighted by Crippen LogP contribution is -2.19. The summed E-state index contributed by atoms with van der Waals surface area (Å²) in [6.07, 6.45) is 1.23. The molecular weight excluding hydrogens is 260 g/mol. The molecule has 0 spiro atoms. The van der Waals surface area contributed by atoms with E-state index in [9.17, 15) is 0 Å². The van der Waals surface area contributed by atoms with E-state index in [-0.39, 0.29) is 0 Å². The van der Waals surface area contributed by atoms with Gasteiger partial charge < -0.3 is 10.5 Å². The van der Waals surface area contributed by atoms with E-state index in [2.05, 4.69) is 41.3 Å². The zero-order valence-corrected chi connectivity index (χ0v) is 12.5. The Labute approximate surface area is 126 Å². The molecule has 0 amide bonds. The van der Waals surface area contributed by atoms with Gasteiger partial charge in [-0.1, -0.05) is 30.3 Å². The molecule has 3 nitrogen and oxygen atoms in total. The molecule has 1 heterocycles. The van der Waals surface area contributed by atoms with Crippen LogP contribution >= 0.6 is 0 Å². The maximum atomic E-state index is 5.93. The third-order valence-corrected chi connectivity index (χ3v) is 4.17. The summed E-state index contributed by atoms with van der Waals surface area (Å²) in [6.45, 7) is 3.18. The molecule has 3 heteroatoms. The Morgan fingerprint density at radius 3 is 2.76 bits per heavy atom. The van der Waals surface area contributed by atoms with Gasteiger partial charge in [0, 0.05) is 24.8 Å². The van der Waals surface area contributed by atoms with Crippen LogP contribution < -0.4 is 10.5 Å². The van der Waals surface area contributed by atoms with E-state index in [1.54, 1.807) is 7.11 Å². The first-order valence-corrected chi connectivity index (χ1v) is 7.45. The Morgan fingerprint density at radius 2 is 2.00 bits per heavy atom. The Bertz CT molecular complexity index is 597. The minimum absolute atomic E-state index is 0.647. The highest BCUT2D eigenvalue weighted by Crippen LogP contribution is 2.29. The summed E-state index contributed by atoms with van der Waals surface area (Å²) in [5, 5.41) is 0. The number of hydrogen-bond acceptors (Lipinski definition) is 3. The van der Waals surface area contributed by atoms with Crippen molar-refractivity contribution >= 4 is 5.69 Å². The van der Waals surface area contributed by atoms with E-state index in [0.717, 1.165) is 31.1 Å². The number of rotatable bonds is 4. The lowest BCUT2D eigenvalue weighted by Gasteiger charge is -2.17. The van der Waals surface area contributed by atoms with E-state index in [4.69, 9.17) is 10.5 Å². The predicted molar refractivity (Wildman–Crippen MR) is 86.5 cm³/mol. The number of methoxy groups -OCH3 is 1. The lowest BCUT2D eigenvalue weighted by molar-refractivity contribution is 0.326. The second-order valence-electron chi connectivity index (χ2n) is 5.75. The SMILES string of the molecule is COc1cc(N)cc(CN2CCC(c3ccccc3)C2)c1. The van der Waals surface area contributed by atoms with Crippen molar-refractivity contribution in [3.05, 3.63) is 59.7 Å². The van der Waals surface area contributed by atoms with Crippen molar-refractivity contribution in [1.82, 2.24) is 4.90 Å². The van der Waals surface area contributed by atoms with Crippen molar-refractivity contribution in [3.63, 3.8) is 0 Å². The van der Waals surface area contributed by atoms with Crippen LogP contribution in [-0.4, -0.2) is 25.1 Å². The first kappa shape index (κ1) is 14.0. The third kappa shape index (κ3) is 3.37. The molecule has 1 aliphatic heterocycles. The van der Waals surface area contributed by atoms with Crippen molar-refractivity contribution in [3.8, 4) is 5.75 Å². The van der Waals surface area contributed by atoms with Crippen molar-refractivity contribution in [2.45, 2.75) is 18.9 Å². The molecule has 21 heavy (non-hydrogen) atoms. The summed E-state index contributed by atoms with van der Waals surface area (Å²) in [6, 6.07) is 16.8. The number of likely N-dealkylation sites (tertiary alicyclic amines) is 1. The molecule has 1 atom stereocenters. The molecule has 0 bridgehead atoms. The van der Waals surface area contributed by atoms with E-state index in [1.807, 2.05) is 12.1 Å². The molecule has 0 radical (unpaired) electrons. The van der Waals surface area contributed by atoms with Gasteiger partial charge in [-0.05, 0) is 42.1 Å². The molecule has 2 N–H and O–H groups in total. The van der Waals surface area contributed by atoms with E-state index in [0.29, 0.717) is 5.92 Å². The molecular formula is C18H22N2O. The highest BCUT2D eigenvalue weighted by atomic mass is 16.5. The Morgan fingerprint density at radius 1 is 1.19 bits per heavy atom. The largest absolute Gasteiger partial charge is 0.497 e. The lowest BCUT2D eigenvalue weighted by atomic mass is 9.99. The zero-order valence-electron chi connectivity index (χ0n) is 12.5. The van der Waals surface area contributed by atoms with Crippen LogP contribution in [0.25, 0.3) is 0 Å². The van der Waals surface area contributed by atoms with Crippen molar-refractivity contribution in [2.24, 2.45) is 0 Å². The fourth-order valence-electron chi connectivity index (χ4n) is 3.13. The van der Waals surface area contributed by atoms with Crippen molar-refractivity contribution in [2.75, 3.05) is 25.9 Å². The molecule has 1 aliphatic rings. The first-order chi connectivity index (χ1) is 10.2. The van der Waals surface area contributed by atoms with Gasteiger partial charge in [-0.2, -0.15) is 0 Å². The second kappa shape index (κ2) is 6.19. The fraction of sp³-hybridized carbons (Fsp3) is 0.333. The van der Waals surface area contributed by atoms with Gasteiger partial charge in [0.2, 0.25) is 0 Å². The van der Waals surface area contributed by atoms with Crippen LogP contribution in [0.1, 0.15) is 23.5 Å². The minimum atomic E-state index is 0.647. The van der Waals surface area contributed by atoms with E-state index >= 15 is 0 Å². The van der Waals surface area contributed by atoms with Crippen LogP contribution in [0, 0.1) is 0 Å². The summed E-state index contributed by atoms with van der Waals surface area (Å²) in [7, 11) is 1.68. The maximum absolute atomic E-state index is 5.93. The Kier molecular flexibility index (Phi) is 4.11. The molecule has 1 unspecified atom stereocenters. The number of hydrogen-bond donors (Lipinski definition) is 1. The number of anilines is 1. The van der Waals surface area contributed by atoms with Crippen LogP contribution in [0.2, 0.25) is 0 Å². The van der Waals surface area contributed by atoms with Gasteiger partial charge >= 0.3 is 0 Å². The topological polar surface area (TPSA) is 38.5 Å². The molecule has 2 aromatic carbocycles. The maximum Gasteiger partial charge on any atom is 0.121 e. The van der Waals surface area contributed by atoms with Crippen molar-refractivity contribution in [1.29, 1.82) is 0 Å². The molecule has 0 saturated carbocycles. The number of nitrogen functional groups attached to an aromatic ring is 1. The number of nitrogens with zero attached hydrogens (tertiary/aromatic N) is 1. The quantitative estimate of drug-likeness (QED) is 0.875. The molecule has 0 aromatic heterocycles. The third-order valence-electron chi connectivity index (χ3n) is 4.17. The van der Waals surface area contributed by atoms with E-state index in [1.165, 1.54) is 17.5 Å². The number of nitrogens with two attached hydrogens (primary N) is 1. The smallest absolute Gasteiger partial charge is 0.121 e. The fourth-order valence-corrected chi connectivity index (χ4v) is 3.13. The van der Waals surface area contributed by atoms with Crippen LogP contribution in [-0.2, 0) is 6.54 Å². The van der Waals surface area contributed by atoms with Crippen LogP contribution in [0.4, 0.5) is 5.69 Å². The van der Waals surface area contributed by atoms with Crippen LogP contribution in [0.15, 0.2) is 48.5 Å². The summed E-state index contributed by atoms with van der Waals surface area (Å²) >= 11 is 0. The van der Waals surface area contributed by atoms with Gasteiger partial charge in [0.05, 0.1) is 7.11 Å². The Hall–Kier alpha value is -2.00. The standard InChI is InChI=1S/C18H22N2O/c1-21-18-10-14(9-17(19)11-18)12-20-8-7-16(13-20)15-5-3-2-4-6-15/h2-6,9-11,16H,7-8,12-13,19H2,1H3. The normalized spacial score (nSPS) is 18.8. The number of ether oxygens (including phenoxy) is 1. The molecule has 0 aliphatic carbocycles. The van der Waals surface area contributed by atoms with Gasteiger partial charge in [-0.25, -0.2) is 0 Å². The minimum Gasteiger partial charge on any atom is -0.497 e. The summed E-state index contributed by atoms with van der Waals surface area (Å²) in [4.78, 5) is 2.49. The molecule has 110 valence electrons. The predicted octanol–water partition coefficient (Wildman–Crippen LogP) is 3.27. The van der Waals surface area contributed by atoms with Gasteiger partial charge in [0.25, 0.3) is 0 Å². The molecule has 2 aromatic rings. The van der Waals surface area contributed by atoms with Gasteiger partial charge in [-0.15, -0.1) is 0 Å². The second-order valence-corrected chi connectivity index (χ2v) is 5.75. The van der Waals surface area contributed by atoms with Gasteiger partial charge in [0.15, 0.2) is 0 Å². The number of benzene rings is 2.